The van der Waals surface area contributed by atoms with Crippen molar-refractivity contribution in [2.45, 2.75) is 0 Å². The van der Waals surface area contributed by atoms with E-state index in [-0.39, 0.29) is 27.9 Å². The molecule has 0 spiro atoms. The summed E-state index contributed by atoms with van der Waals surface area (Å²) in [5.74, 6) is -2.25. The molecule has 0 aliphatic rings. The Balaban J connectivity index is 0. The molecule has 1 rings (SSSR count). The molecule has 91 valence electrons. The minimum absolute atomic E-state index is 0. The molecule has 0 heterocycles. The van der Waals surface area contributed by atoms with E-state index in [1.54, 1.807) is 0 Å². The number of hydrogen-bond acceptors (Lipinski definition) is 3. The van der Waals surface area contributed by atoms with E-state index in [1.165, 1.54) is 25.3 Å². The number of methoxy groups -OCH3 is 1. The fourth-order valence-corrected chi connectivity index (χ4v) is 0.785. The first-order valence-corrected chi connectivity index (χ1v) is 3.87. The molecule has 16 heavy (non-hydrogen) atoms. The minimum atomic E-state index is -1.13. The second kappa shape index (κ2) is 8.90. The van der Waals surface area contributed by atoms with Crippen molar-refractivity contribution in [2.75, 3.05) is 7.11 Å². The van der Waals surface area contributed by atoms with Crippen LogP contribution in [0.4, 0.5) is 0 Å². The van der Waals surface area contributed by atoms with E-state index in [0.29, 0.717) is 0 Å². The molecular formula is C10H11CoO5-. The van der Waals surface area contributed by atoms with Gasteiger partial charge in [0.1, 0.15) is 0 Å². The Bertz CT molecular complexity index is 322. The number of hydrogen-bond donors (Lipinski definition) is 2. The smallest absolute Gasteiger partial charge is 0.335 e. The molecule has 5 nitrogen and oxygen atoms in total. The van der Waals surface area contributed by atoms with Crippen molar-refractivity contribution < 1.29 is 41.3 Å². The largest absolute Gasteiger partial charge is 0.557 e. The zero-order valence-electron chi connectivity index (χ0n) is 8.47. The summed E-state index contributed by atoms with van der Waals surface area (Å²) in [5, 5.41) is 17.0. The summed E-state index contributed by atoms with van der Waals surface area (Å²) in [6.07, 6.45) is 0. The molecule has 1 aromatic rings. The van der Waals surface area contributed by atoms with Crippen LogP contribution < -0.4 is 0 Å². The average molecular weight is 270 g/mol. The van der Waals surface area contributed by atoms with Crippen molar-refractivity contribution in [2.24, 2.45) is 0 Å². The van der Waals surface area contributed by atoms with Crippen LogP contribution in [0.2, 0.25) is 0 Å². The van der Waals surface area contributed by atoms with Gasteiger partial charge >= 0.3 is 11.9 Å². The predicted octanol–water partition coefficient (Wildman–Crippen LogP) is 1.50. The summed E-state index contributed by atoms with van der Waals surface area (Å²) in [6, 6.07) is 5.20. The van der Waals surface area contributed by atoms with Gasteiger partial charge in [0.25, 0.3) is 0 Å². The van der Waals surface area contributed by atoms with Crippen molar-refractivity contribution in [3.05, 3.63) is 42.5 Å². The topological polar surface area (TPSA) is 83.8 Å². The maximum atomic E-state index is 10.4. The average Bonchev–Trinajstić information content (AvgIpc) is 2.19. The van der Waals surface area contributed by atoms with Gasteiger partial charge < -0.3 is 14.9 Å². The van der Waals surface area contributed by atoms with Crippen LogP contribution in [0.1, 0.15) is 20.7 Å². The van der Waals surface area contributed by atoms with Gasteiger partial charge in [0, 0.05) is 16.8 Å². The van der Waals surface area contributed by atoms with Crippen LogP contribution >= 0.6 is 0 Å². The van der Waals surface area contributed by atoms with E-state index < -0.39 is 11.9 Å². The molecule has 0 fully saturated rings. The molecule has 0 amide bonds. The normalized spacial score (nSPS) is 8.12. The van der Waals surface area contributed by atoms with Crippen molar-refractivity contribution in [1.82, 2.24) is 0 Å². The summed E-state index contributed by atoms with van der Waals surface area (Å²) >= 11 is 0. The molecule has 0 bridgehead atoms. The third-order valence-electron chi connectivity index (χ3n) is 1.36. The molecule has 2 N–H and O–H groups in total. The monoisotopic (exact) mass is 270 g/mol. The van der Waals surface area contributed by atoms with Crippen LogP contribution in [0.25, 0.3) is 0 Å². The fourth-order valence-electron chi connectivity index (χ4n) is 0.785. The first kappa shape index (κ1) is 17.0. The summed E-state index contributed by atoms with van der Waals surface area (Å²) in [6.45, 7) is 0. The number of benzene rings is 1. The summed E-state index contributed by atoms with van der Waals surface area (Å²) in [4.78, 5) is 20.8. The second-order valence-corrected chi connectivity index (χ2v) is 2.48. The fraction of sp³-hybridized carbons (Fsp3) is 0.100. The molecule has 1 radical (unpaired) electrons. The molecule has 1 aromatic carbocycles. The third-order valence-corrected chi connectivity index (χ3v) is 1.36. The Hall–Kier alpha value is -1.37. The van der Waals surface area contributed by atoms with Crippen LogP contribution in [0, 0.1) is 7.11 Å². The SMILES string of the molecule is O=C(O)c1cccc(C(=O)O)c1.[CH2-]OC.[Co]. The maximum absolute atomic E-state index is 10.4. The number of aromatic carboxylic acids is 2. The Kier molecular flexibility index (Phi) is 9.47. The number of carbonyl (C=O) groups is 2. The molecule has 0 aromatic heterocycles. The summed E-state index contributed by atoms with van der Waals surface area (Å²) < 4.78 is 4.00. The third kappa shape index (κ3) is 6.17. The van der Waals surface area contributed by atoms with E-state index >= 15 is 0 Å². The van der Waals surface area contributed by atoms with E-state index in [9.17, 15) is 9.59 Å². The van der Waals surface area contributed by atoms with Crippen molar-refractivity contribution >= 4 is 11.9 Å². The van der Waals surface area contributed by atoms with Gasteiger partial charge in [-0.3, -0.25) is 0 Å². The van der Waals surface area contributed by atoms with E-state index in [2.05, 4.69) is 11.8 Å². The van der Waals surface area contributed by atoms with E-state index in [1.807, 2.05) is 0 Å². The van der Waals surface area contributed by atoms with Gasteiger partial charge in [0.2, 0.25) is 0 Å². The Labute approximate surface area is 103 Å². The second-order valence-electron chi connectivity index (χ2n) is 2.48. The summed E-state index contributed by atoms with van der Waals surface area (Å²) in [5.41, 5.74) is -0.0372. The number of carboxylic acid groups (broad SMARTS) is 2. The molecule has 0 aliphatic heterocycles. The van der Waals surface area contributed by atoms with Gasteiger partial charge in [0.15, 0.2) is 0 Å². The van der Waals surface area contributed by atoms with Crippen LogP contribution in [-0.2, 0) is 21.5 Å². The molecule has 0 saturated heterocycles. The van der Waals surface area contributed by atoms with Crippen LogP contribution in [0.15, 0.2) is 24.3 Å². The van der Waals surface area contributed by atoms with Crippen molar-refractivity contribution in [3.63, 3.8) is 0 Å². The zero-order valence-corrected chi connectivity index (χ0v) is 9.51. The first-order valence-electron chi connectivity index (χ1n) is 3.87. The number of rotatable bonds is 2. The van der Waals surface area contributed by atoms with Crippen LogP contribution in [0.5, 0.6) is 0 Å². The molecule has 0 atom stereocenters. The Morgan fingerprint density at radius 2 is 1.50 bits per heavy atom. The predicted molar refractivity (Wildman–Crippen MR) is 52.7 cm³/mol. The van der Waals surface area contributed by atoms with Crippen LogP contribution in [-0.4, -0.2) is 29.3 Å². The minimum Gasteiger partial charge on any atom is -0.557 e. The quantitative estimate of drug-likeness (QED) is 0.796. The summed E-state index contributed by atoms with van der Waals surface area (Å²) in [7, 11) is 4.50. The van der Waals surface area contributed by atoms with Gasteiger partial charge in [-0.2, -0.15) is 0 Å². The standard InChI is InChI=1S/C8H6O4.C2H5O.Co/c9-7(10)5-2-1-3-6(4-5)8(11)12;1-3-2;/h1-4H,(H,9,10)(H,11,12);1H2,2H3;/q;-1;. The van der Waals surface area contributed by atoms with Gasteiger partial charge in [-0.1, -0.05) is 6.07 Å². The molecule has 6 heteroatoms. The molecule has 0 saturated carbocycles. The van der Waals surface area contributed by atoms with Gasteiger partial charge in [-0.25, -0.2) is 16.7 Å². The van der Waals surface area contributed by atoms with Crippen molar-refractivity contribution in [1.29, 1.82) is 0 Å². The zero-order chi connectivity index (χ0) is 11.8. The number of ether oxygens (including phenoxy) is 1. The molecule has 0 unspecified atom stereocenters. The Morgan fingerprint density at radius 1 is 1.19 bits per heavy atom. The van der Waals surface area contributed by atoms with Crippen LogP contribution in [0.3, 0.4) is 0 Å². The maximum Gasteiger partial charge on any atom is 0.335 e. The van der Waals surface area contributed by atoms with Crippen molar-refractivity contribution in [3.8, 4) is 0 Å². The Morgan fingerprint density at radius 3 is 1.75 bits per heavy atom. The van der Waals surface area contributed by atoms with Gasteiger partial charge in [-0.05, 0) is 25.3 Å². The van der Waals surface area contributed by atoms with E-state index in [4.69, 9.17) is 10.2 Å². The van der Waals surface area contributed by atoms with Gasteiger partial charge in [-0.15, -0.1) is 0 Å². The molecule has 0 aliphatic carbocycles. The number of carboxylic acids is 2. The molecular weight excluding hydrogens is 259 g/mol. The van der Waals surface area contributed by atoms with Gasteiger partial charge in [0.05, 0.1) is 11.1 Å². The first-order chi connectivity index (χ1) is 7.02. The van der Waals surface area contributed by atoms with E-state index in [0.717, 1.165) is 6.07 Å².